The summed E-state index contributed by atoms with van der Waals surface area (Å²) in [6, 6.07) is 5.68. The Labute approximate surface area is 121 Å². The molecule has 0 aliphatic rings. The zero-order chi connectivity index (χ0) is 14.5. The van der Waals surface area contributed by atoms with Crippen molar-refractivity contribution in [3.63, 3.8) is 0 Å². The molecule has 2 N–H and O–H groups in total. The minimum Gasteiger partial charge on any atom is -0.357 e. The molecule has 0 aromatic carbocycles. The molecule has 3 rings (SSSR count). The standard InChI is InChI=1S/C13H14N8/c1-14-11-18-12(16-9-10-3-6-15-7-4-10)20-13(19-11)21-8-2-5-17-21/h2-8H,9H2,1H3,(H2,14,16,18,19,20). The van der Waals surface area contributed by atoms with E-state index in [1.807, 2.05) is 18.2 Å². The van der Waals surface area contributed by atoms with Gasteiger partial charge in [-0.05, 0) is 23.8 Å². The summed E-state index contributed by atoms with van der Waals surface area (Å²) in [6.07, 6.45) is 6.95. The summed E-state index contributed by atoms with van der Waals surface area (Å²) in [6.45, 7) is 0.605. The predicted molar refractivity (Wildman–Crippen MR) is 78.1 cm³/mol. The van der Waals surface area contributed by atoms with Gasteiger partial charge in [-0.2, -0.15) is 20.1 Å². The summed E-state index contributed by atoms with van der Waals surface area (Å²) in [5.74, 6) is 1.42. The van der Waals surface area contributed by atoms with Crippen LogP contribution in [0, 0.1) is 0 Å². The maximum Gasteiger partial charge on any atom is 0.257 e. The first-order valence-corrected chi connectivity index (χ1v) is 6.42. The van der Waals surface area contributed by atoms with Crippen molar-refractivity contribution in [3.8, 4) is 5.95 Å². The van der Waals surface area contributed by atoms with Crippen molar-refractivity contribution in [2.24, 2.45) is 0 Å². The number of pyridine rings is 1. The lowest BCUT2D eigenvalue weighted by Crippen LogP contribution is -2.11. The second-order valence-corrected chi connectivity index (χ2v) is 4.19. The summed E-state index contributed by atoms with van der Waals surface area (Å²) < 4.78 is 1.58. The third kappa shape index (κ3) is 3.11. The van der Waals surface area contributed by atoms with Crippen LogP contribution in [0.25, 0.3) is 5.95 Å². The van der Waals surface area contributed by atoms with Gasteiger partial charge in [-0.1, -0.05) is 0 Å². The highest BCUT2D eigenvalue weighted by Crippen LogP contribution is 2.09. The summed E-state index contributed by atoms with van der Waals surface area (Å²) >= 11 is 0. The molecule has 0 fully saturated rings. The van der Waals surface area contributed by atoms with Gasteiger partial charge in [0.1, 0.15) is 0 Å². The number of anilines is 2. The Hall–Kier alpha value is -3.03. The Morgan fingerprint density at radius 1 is 1.05 bits per heavy atom. The monoisotopic (exact) mass is 282 g/mol. The van der Waals surface area contributed by atoms with Crippen molar-refractivity contribution in [1.29, 1.82) is 0 Å². The number of nitrogens with zero attached hydrogens (tertiary/aromatic N) is 6. The SMILES string of the molecule is CNc1nc(NCc2ccncc2)nc(-n2cccn2)n1. The second kappa shape index (κ2) is 5.95. The molecule has 0 bridgehead atoms. The van der Waals surface area contributed by atoms with E-state index in [1.165, 1.54) is 0 Å². The minimum atomic E-state index is 0.455. The van der Waals surface area contributed by atoms with Crippen LogP contribution in [0.1, 0.15) is 5.56 Å². The van der Waals surface area contributed by atoms with Gasteiger partial charge in [-0.15, -0.1) is 0 Å². The molecule has 0 aliphatic heterocycles. The Morgan fingerprint density at radius 3 is 2.57 bits per heavy atom. The molecule has 21 heavy (non-hydrogen) atoms. The normalized spacial score (nSPS) is 10.3. The molecule has 0 atom stereocenters. The molecule has 0 spiro atoms. The average molecular weight is 282 g/mol. The van der Waals surface area contributed by atoms with Crippen LogP contribution < -0.4 is 10.6 Å². The number of rotatable bonds is 5. The summed E-state index contributed by atoms with van der Waals surface area (Å²) in [5.41, 5.74) is 1.09. The molecule has 3 aromatic heterocycles. The van der Waals surface area contributed by atoms with E-state index in [4.69, 9.17) is 0 Å². The van der Waals surface area contributed by atoms with Gasteiger partial charge in [-0.25, -0.2) is 4.68 Å². The molecule has 0 unspecified atom stereocenters. The van der Waals surface area contributed by atoms with E-state index in [2.05, 4.69) is 35.7 Å². The van der Waals surface area contributed by atoms with Gasteiger partial charge in [0.05, 0.1) is 0 Å². The molecule has 0 aliphatic carbocycles. The molecule has 106 valence electrons. The summed E-state index contributed by atoms with van der Waals surface area (Å²) in [5, 5.41) is 10.2. The quantitative estimate of drug-likeness (QED) is 0.723. The molecule has 0 amide bonds. The van der Waals surface area contributed by atoms with Crippen molar-refractivity contribution in [2.75, 3.05) is 17.7 Å². The van der Waals surface area contributed by atoms with E-state index in [1.54, 1.807) is 36.5 Å². The first-order valence-electron chi connectivity index (χ1n) is 6.42. The highest BCUT2D eigenvalue weighted by atomic mass is 15.4. The molecule has 8 nitrogen and oxygen atoms in total. The van der Waals surface area contributed by atoms with Crippen LogP contribution in [0.2, 0.25) is 0 Å². The fourth-order valence-corrected chi connectivity index (χ4v) is 1.73. The van der Waals surface area contributed by atoms with Crippen molar-refractivity contribution in [3.05, 3.63) is 48.5 Å². The first kappa shape index (κ1) is 13.0. The fourth-order valence-electron chi connectivity index (χ4n) is 1.73. The number of hydrogen-bond acceptors (Lipinski definition) is 7. The number of hydrogen-bond donors (Lipinski definition) is 2. The molecule has 0 radical (unpaired) electrons. The van der Waals surface area contributed by atoms with Crippen LogP contribution >= 0.6 is 0 Å². The highest BCUT2D eigenvalue weighted by molar-refractivity contribution is 5.37. The Kier molecular flexibility index (Phi) is 3.68. The molecule has 8 heteroatoms. The molecule has 3 aromatic rings. The third-order valence-corrected chi connectivity index (χ3v) is 2.76. The Morgan fingerprint density at radius 2 is 1.86 bits per heavy atom. The molecular formula is C13H14N8. The lowest BCUT2D eigenvalue weighted by atomic mass is 10.3. The maximum absolute atomic E-state index is 4.35. The van der Waals surface area contributed by atoms with Crippen LogP contribution in [0.3, 0.4) is 0 Å². The number of aromatic nitrogens is 6. The lowest BCUT2D eigenvalue weighted by molar-refractivity contribution is 0.797. The van der Waals surface area contributed by atoms with Crippen molar-refractivity contribution < 1.29 is 0 Å². The van der Waals surface area contributed by atoms with Crippen molar-refractivity contribution >= 4 is 11.9 Å². The van der Waals surface area contributed by atoms with Gasteiger partial charge in [0.25, 0.3) is 5.95 Å². The van der Waals surface area contributed by atoms with E-state index < -0.39 is 0 Å². The van der Waals surface area contributed by atoms with Gasteiger partial charge >= 0.3 is 0 Å². The van der Waals surface area contributed by atoms with E-state index in [0.29, 0.717) is 24.4 Å². The fraction of sp³-hybridized carbons (Fsp3) is 0.154. The van der Waals surface area contributed by atoms with E-state index in [-0.39, 0.29) is 0 Å². The maximum atomic E-state index is 4.35. The number of nitrogens with one attached hydrogen (secondary N) is 2. The smallest absolute Gasteiger partial charge is 0.257 e. The van der Waals surface area contributed by atoms with Crippen LogP contribution in [0.5, 0.6) is 0 Å². The van der Waals surface area contributed by atoms with Gasteiger partial charge in [0, 0.05) is 38.4 Å². The Balaban J connectivity index is 1.83. The van der Waals surface area contributed by atoms with Crippen LogP contribution in [0.15, 0.2) is 43.0 Å². The van der Waals surface area contributed by atoms with Crippen molar-refractivity contribution in [2.45, 2.75) is 6.54 Å². The van der Waals surface area contributed by atoms with Crippen LogP contribution in [-0.4, -0.2) is 36.8 Å². The van der Waals surface area contributed by atoms with Gasteiger partial charge in [-0.3, -0.25) is 4.98 Å². The van der Waals surface area contributed by atoms with Crippen LogP contribution in [0.4, 0.5) is 11.9 Å². The van der Waals surface area contributed by atoms with Crippen molar-refractivity contribution in [1.82, 2.24) is 29.7 Å². The molecule has 3 heterocycles. The highest BCUT2D eigenvalue weighted by Gasteiger charge is 2.07. The van der Waals surface area contributed by atoms with E-state index in [0.717, 1.165) is 5.56 Å². The zero-order valence-electron chi connectivity index (χ0n) is 11.4. The summed E-state index contributed by atoms with van der Waals surface area (Å²) in [7, 11) is 1.76. The first-order chi connectivity index (χ1) is 10.3. The minimum absolute atomic E-state index is 0.455. The zero-order valence-corrected chi connectivity index (χ0v) is 11.4. The largest absolute Gasteiger partial charge is 0.357 e. The topological polar surface area (TPSA) is 93.4 Å². The predicted octanol–water partition coefficient (Wildman–Crippen LogP) is 1.11. The van der Waals surface area contributed by atoms with E-state index in [9.17, 15) is 0 Å². The molecular weight excluding hydrogens is 268 g/mol. The van der Waals surface area contributed by atoms with E-state index >= 15 is 0 Å². The molecule has 0 saturated carbocycles. The third-order valence-electron chi connectivity index (χ3n) is 2.76. The van der Waals surface area contributed by atoms with Gasteiger partial charge in [0.2, 0.25) is 11.9 Å². The van der Waals surface area contributed by atoms with Gasteiger partial charge < -0.3 is 10.6 Å². The van der Waals surface area contributed by atoms with Gasteiger partial charge in [0.15, 0.2) is 0 Å². The lowest BCUT2D eigenvalue weighted by Gasteiger charge is -2.08. The van der Waals surface area contributed by atoms with Crippen LogP contribution in [-0.2, 0) is 6.54 Å². The second-order valence-electron chi connectivity index (χ2n) is 4.19. The Bertz CT molecular complexity index is 695. The average Bonchev–Trinajstić information content (AvgIpc) is 3.08. The molecule has 0 saturated heterocycles. The summed E-state index contributed by atoms with van der Waals surface area (Å²) in [4.78, 5) is 16.9.